The van der Waals surface area contributed by atoms with Crippen molar-refractivity contribution >= 4 is 5.91 Å². The average Bonchev–Trinajstić information content (AvgIpc) is 3.14. The van der Waals surface area contributed by atoms with Crippen molar-refractivity contribution in [2.24, 2.45) is 5.92 Å². The van der Waals surface area contributed by atoms with Gasteiger partial charge in [0.05, 0.1) is 0 Å². The van der Waals surface area contributed by atoms with Crippen LogP contribution in [-0.4, -0.2) is 61.5 Å². The predicted molar refractivity (Wildman–Crippen MR) is 68.9 cm³/mol. The van der Waals surface area contributed by atoms with E-state index >= 15 is 0 Å². The number of piperazine rings is 1. The Labute approximate surface area is 104 Å². The quantitative estimate of drug-likeness (QED) is 0.687. The molecule has 1 heterocycles. The van der Waals surface area contributed by atoms with E-state index in [4.69, 9.17) is 0 Å². The summed E-state index contributed by atoms with van der Waals surface area (Å²) in [6.07, 6.45) is 3.49. The second-order valence-electron chi connectivity index (χ2n) is 5.23. The highest BCUT2D eigenvalue weighted by Crippen LogP contribution is 2.29. The van der Waals surface area contributed by atoms with Gasteiger partial charge < -0.3 is 10.2 Å². The average molecular weight is 239 g/mol. The molecule has 0 bridgehead atoms. The van der Waals surface area contributed by atoms with Crippen LogP contribution in [0.1, 0.15) is 26.2 Å². The molecule has 1 aliphatic carbocycles. The third kappa shape index (κ3) is 4.28. The highest BCUT2D eigenvalue weighted by molar-refractivity contribution is 5.76. The minimum absolute atomic E-state index is 0.317. The molecule has 1 amide bonds. The minimum Gasteiger partial charge on any atom is -0.340 e. The SMILES string of the molecule is CCNCCC(=O)N1CCN(CC2CC2)CC1. The molecule has 2 aliphatic rings. The Balaban J connectivity index is 1.61. The van der Waals surface area contributed by atoms with E-state index in [1.54, 1.807) is 0 Å². The maximum absolute atomic E-state index is 11.9. The summed E-state index contributed by atoms with van der Waals surface area (Å²) in [5.74, 6) is 1.28. The first kappa shape index (κ1) is 12.8. The summed E-state index contributed by atoms with van der Waals surface area (Å²) in [6, 6.07) is 0. The largest absolute Gasteiger partial charge is 0.340 e. The molecule has 4 nitrogen and oxygen atoms in total. The molecule has 17 heavy (non-hydrogen) atoms. The monoisotopic (exact) mass is 239 g/mol. The second-order valence-corrected chi connectivity index (χ2v) is 5.23. The van der Waals surface area contributed by atoms with Gasteiger partial charge in [0.15, 0.2) is 0 Å². The van der Waals surface area contributed by atoms with Crippen LogP contribution >= 0.6 is 0 Å². The van der Waals surface area contributed by atoms with Crippen LogP contribution in [0.3, 0.4) is 0 Å². The highest BCUT2D eigenvalue weighted by atomic mass is 16.2. The van der Waals surface area contributed by atoms with Crippen molar-refractivity contribution in [1.29, 1.82) is 0 Å². The fraction of sp³-hybridized carbons (Fsp3) is 0.923. The molecule has 0 aromatic carbocycles. The van der Waals surface area contributed by atoms with Crippen LogP contribution in [0, 0.1) is 5.92 Å². The molecule has 4 heteroatoms. The van der Waals surface area contributed by atoms with Crippen LogP contribution < -0.4 is 5.32 Å². The van der Waals surface area contributed by atoms with E-state index in [1.807, 2.05) is 4.90 Å². The van der Waals surface area contributed by atoms with Gasteiger partial charge >= 0.3 is 0 Å². The van der Waals surface area contributed by atoms with Crippen LogP contribution in [0.2, 0.25) is 0 Å². The van der Waals surface area contributed by atoms with Crippen LogP contribution in [0.5, 0.6) is 0 Å². The molecule has 0 spiro atoms. The molecule has 0 atom stereocenters. The molecule has 98 valence electrons. The summed E-state index contributed by atoms with van der Waals surface area (Å²) in [4.78, 5) is 16.4. The molecular formula is C13H25N3O. The molecule has 2 rings (SSSR count). The first-order valence-corrected chi connectivity index (χ1v) is 7.00. The fourth-order valence-electron chi connectivity index (χ4n) is 2.38. The number of carbonyl (C=O) groups is 1. The second kappa shape index (κ2) is 6.36. The van der Waals surface area contributed by atoms with E-state index in [2.05, 4.69) is 17.1 Å². The Morgan fingerprint density at radius 3 is 2.53 bits per heavy atom. The van der Waals surface area contributed by atoms with Crippen molar-refractivity contribution in [2.45, 2.75) is 26.2 Å². The topological polar surface area (TPSA) is 35.6 Å². The van der Waals surface area contributed by atoms with E-state index in [0.717, 1.165) is 45.2 Å². The van der Waals surface area contributed by atoms with E-state index < -0.39 is 0 Å². The number of hydrogen-bond donors (Lipinski definition) is 1. The lowest BCUT2D eigenvalue weighted by atomic mass is 10.2. The summed E-state index contributed by atoms with van der Waals surface area (Å²) < 4.78 is 0. The zero-order valence-corrected chi connectivity index (χ0v) is 11.0. The molecule has 1 saturated carbocycles. The van der Waals surface area contributed by atoms with Gasteiger partial charge in [-0.1, -0.05) is 6.92 Å². The third-order valence-corrected chi connectivity index (χ3v) is 3.70. The van der Waals surface area contributed by atoms with Crippen molar-refractivity contribution in [2.75, 3.05) is 45.8 Å². The van der Waals surface area contributed by atoms with E-state index in [-0.39, 0.29) is 0 Å². The van der Waals surface area contributed by atoms with E-state index in [0.29, 0.717) is 12.3 Å². The lowest BCUT2D eigenvalue weighted by Gasteiger charge is -2.34. The Hall–Kier alpha value is -0.610. The van der Waals surface area contributed by atoms with E-state index in [9.17, 15) is 4.79 Å². The minimum atomic E-state index is 0.317. The van der Waals surface area contributed by atoms with Gasteiger partial charge in [-0.2, -0.15) is 0 Å². The molecule has 1 saturated heterocycles. The third-order valence-electron chi connectivity index (χ3n) is 3.70. The summed E-state index contributed by atoms with van der Waals surface area (Å²) in [7, 11) is 0. The molecular weight excluding hydrogens is 214 g/mol. The number of amides is 1. The van der Waals surface area contributed by atoms with Gasteiger partial charge in [-0.25, -0.2) is 0 Å². The fourth-order valence-corrected chi connectivity index (χ4v) is 2.38. The molecule has 0 aromatic rings. The lowest BCUT2D eigenvalue weighted by Crippen LogP contribution is -2.49. The first-order chi connectivity index (χ1) is 8.29. The standard InChI is InChI=1S/C13H25N3O/c1-2-14-6-5-13(17)16-9-7-15(8-10-16)11-12-3-4-12/h12,14H,2-11H2,1H3. The van der Waals surface area contributed by atoms with Gasteiger partial charge in [0, 0.05) is 45.7 Å². The van der Waals surface area contributed by atoms with Crippen molar-refractivity contribution in [3.05, 3.63) is 0 Å². The summed E-state index contributed by atoms with van der Waals surface area (Å²) in [5.41, 5.74) is 0. The zero-order chi connectivity index (χ0) is 12.1. The van der Waals surface area contributed by atoms with Crippen LogP contribution in [0.4, 0.5) is 0 Å². The van der Waals surface area contributed by atoms with Gasteiger partial charge in [-0.3, -0.25) is 9.69 Å². The molecule has 2 fully saturated rings. The predicted octanol–water partition coefficient (Wildman–Crippen LogP) is 0.540. The summed E-state index contributed by atoms with van der Waals surface area (Å²) >= 11 is 0. The Morgan fingerprint density at radius 2 is 1.94 bits per heavy atom. The smallest absolute Gasteiger partial charge is 0.223 e. The summed E-state index contributed by atoms with van der Waals surface area (Å²) in [5, 5.41) is 3.20. The van der Waals surface area contributed by atoms with E-state index in [1.165, 1.54) is 19.4 Å². The molecule has 0 radical (unpaired) electrons. The first-order valence-electron chi connectivity index (χ1n) is 7.00. The van der Waals surface area contributed by atoms with Gasteiger partial charge in [-0.15, -0.1) is 0 Å². The highest BCUT2D eigenvalue weighted by Gasteiger charge is 2.27. The number of nitrogens with one attached hydrogen (secondary N) is 1. The molecule has 1 aliphatic heterocycles. The molecule has 0 unspecified atom stereocenters. The maximum Gasteiger partial charge on any atom is 0.223 e. The van der Waals surface area contributed by atoms with Crippen molar-refractivity contribution in [1.82, 2.24) is 15.1 Å². The van der Waals surface area contributed by atoms with Gasteiger partial charge in [0.25, 0.3) is 0 Å². The van der Waals surface area contributed by atoms with Crippen molar-refractivity contribution in [3.63, 3.8) is 0 Å². The molecule has 0 aromatic heterocycles. The lowest BCUT2D eigenvalue weighted by molar-refractivity contribution is -0.132. The number of rotatable bonds is 6. The Bertz CT molecular complexity index is 245. The Kier molecular flexibility index (Phi) is 4.80. The molecule has 1 N–H and O–H groups in total. The van der Waals surface area contributed by atoms with Crippen LogP contribution in [-0.2, 0) is 4.79 Å². The Morgan fingerprint density at radius 1 is 1.24 bits per heavy atom. The summed E-state index contributed by atoms with van der Waals surface area (Å²) in [6.45, 7) is 9.10. The number of carbonyl (C=O) groups excluding carboxylic acids is 1. The number of hydrogen-bond acceptors (Lipinski definition) is 3. The zero-order valence-electron chi connectivity index (χ0n) is 11.0. The number of nitrogens with zero attached hydrogens (tertiary/aromatic N) is 2. The van der Waals surface area contributed by atoms with Gasteiger partial charge in [0.2, 0.25) is 5.91 Å². The van der Waals surface area contributed by atoms with Crippen LogP contribution in [0.15, 0.2) is 0 Å². The van der Waals surface area contributed by atoms with Gasteiger partial charge in [-0.05, 0) is 25.3 Å². The normalized spacial score (nSPS) is 21.8. The van der Waals surface area contributed by atoms with Crippen molar-refractivity contribution < 1.29 is 4.79 Å². The van der Waals surface area contributed by atoms with Crippen LogP contribution in [0.25, 0.3) is 0 Å². The van der Waals surface area contributed by atoms with Gasteiger partial charge in [0.1, 0.15) is 0 Å². The van der Waals surface area contributed by atoms with Crippen molar-refractivity contribution in [3.8, 4) is 0 Å². The maximum atomic E-state index is 11.9.